The average Bonchev–Trinajstić information content (AvgIpc) is 3.15. The lowest BCUT2D eigenvalue weighted by Gasteiger charge is -2.08. The molecule has 0 bridgehead atoms. The Balaban J connectivity index is 1.46. The molecule has 12 heteroatoms. The van der Waals surface area contributed by atoms with Gasteiger partial charge in [-0.3, -0.25) is 14.3 Å². The van der Waals surface area contributed by atoms with E-state index in [9.17, 15) is 22.8 Å². The van der Waals surface area contributed by atoms with E-state index in [0.29, 0.717) is 22.3 Å². The van der Waals surface area contributed by atoms with Gasteiger partial charge in [0.05, 0.1) is 23.6 Å². The molecule has 0 unspecified atom stereocenters. The Bertz CT molecular complexity index is 1290. The number of rotatable bonds is 5. The standard InChI is InChI=1S/C20H14F3N7O2/c21-20(22,23)17-3-1-2-16(28-17)19(32)27-13-4-5-15-12(8-13)10-30(29-15)11-18(31)26-14-6-7-24-25-9-14/h1-10H,11H2,(H,27,32)(H,24,26,31). The molecule has 0 saturated heterocycles. The Labute approximate surface area is 178 Å². The van der Waals surface area contributed by atoms with Crippen molar-refractivity contribution in [2.24, 2.45) is 0 Å². The smallest absolute Gasteiger partial charge is 0.323 e. The Hall–Kier alpha value is -4.35. The van der Waals surface area contributed by atoms with E-state index < -0.39 is 17.8 Å². The van der Waals surface area contributed by atoms with Crippen LogP contribution in [0.4, 0.5) is 24.5 Å². The van der Waals surface area contributed by atoms with Crippen LogP contribution >= 0.6 is 0 Å². The molecule has 9 nitrogen and oxygen atoms in total. The summed E-state index contributed by atoms with van der Waals surface area (Å²) in [4.78, 5) is 27.9. The van der Waals surface area contributed by atoms with Crippen LogP contribution in [-0.4, -0.2) is 36.8 Å². The second-order valence-corrected chi connectivity index (χ2v) is 6.64. The van der Waals surface area contributed by atoms with Gasteiger partial charge in [0.25, 0.3) is 5.91 Å². The minimum absolute atomic E-state index is 0.0626. The number of halogens is 3. The molecular weight excluding hydrogens is 427 g/mol. The zero-order chi connectivity index (χ0) is 22.7. The third-order valence-electron chi connectivity index (χ3n) is 4.26. The van der Waals surface area contributed by atoms with Crippen molar-refractivity contribution in [1.29, 1.82) is 0 Å². The molecule has 3 heterocycles. The number of nitrogens with one attached hydrogen (secondary N) is 2. The molecule has 0 saturated carbocycles. The summed E-state index contributed by atoms with van der Waals surface area (Å²) >= 11 is 0. The number of pyridine rings is 1. The van der Waals surface area contributed by atoms with Crippen LogP contribution in [0.5, 0.6) is 0 Å². The highest BCUT2D eigenvalue weighted by Crippen LogP contribution is 2.27. The van der Waals surface area contributed by atoms with Gasteiger partial charge in [-0.1, -0.05) is 6.07 Å². The van der Waals surface area contributed by atoms with Crippen molar-refractivity contribution in [3.63, 3.8) is 0 Å². The molecule has 0 aliphatic heterocycles. The number of alkyl halides is 3. The number of fused-ring (bicyclic) bond motifs is 1. The van der Waals surface area contributed by atoms with Gasteiger partial charge in [-0.15, -0.1) is 0 Å². The molecule has 2 N–H and O–H groups in total. The highest BCUT2D eigenvalue weighted by molar-refractivity contribution is 6.03. The maximum absolute atomic E-state index is 12.8. The van der Waals surface area contributed by atoms with Gasteiger partial charge in [-0.2, -0.15) is 28.5 Å². The van der Waals surface area contributed by atoms with Crippen LogP contribution in [0, 0.1) is 0 Å². The Morgan fingerprint density at radius 2 is 1.84 bits per heavy atom. The van der Waals surface area contributed by atoms with Gasteiger partial charge in [0, 0.05) is 17.3 Å². The molecule has 3 aromatic heterocycles. The second kappa shape index (κ2) is 8.41. The van der Waals surface area contributed by atoms with Gasteiger partial charge in [0.15, 0.2) is 0 Å². The zero-order valence-corrected chi connectivity index (χ0v) is 16.2. The zero-order valence-electron chi connectivity index (χ0n) is 16.2. The summed E-state index contributed by atoms with van der Waals surface area (Å²) in [5.41, 5.74) is -0.109. The summed E-state index contributed by atoms with van der Waals surface area (Å²) in [5, 5.41) is 17.4. The molecule has 0 radical (unpaired) electrons. The fourth-order valence-electron chi connectivity index (χ4n) is 2.86. The van der Waals surface area contributed by atoms with Crippen molar-refractivity contribution in [2.75, 3.05) is 10.6 Å². The fourth-order valence-corrected chi connectivity index (χ4v) is 2.86. The summed E-state index contributed by atoms with van der Waals surface area (Å²) in [5.74, 6) is -1.11. The molecule has 4 aromatic rings. The first-order valence-corrected chi connectivity index (χ1v) is 9.17. The lowest BCUT2D eigenvalue weighted by atomic mass is 10.2. The molecule has 0 spiro atoms. The van der Waals surface area contributed by atoms with Gasteiger partial charge >= 0.3 is 6.18 Å². The van der Waals surface area contributed by atoms with Gasteiger partial charge in [-0.25, -0.2) is 4.98 Å². The lowest BCUT2D eigenvalue weighted by Crippen LogP contribution is -2.19. The van der Waals surface area contributed by atoms with Crippen molar-refractivity contribution in [2.45, 2.75) is 12.7 Å². The van der Waals surface area contributed by atoms with Crippen molar-refractivity contribution < 1.29 is 22.8 Å². The number of anilines is 2. The number of carbonyl (C=O) groups is 2. The van der Waals surface area contributed by atoms with Crippen LogP contribution in [0.1, 0.15) is 16.2 Å². The summed E-state index contributed by atoms with van der Waals surface area (Å²) in [6, 6.07) is 9.45. The molecular formula is C20H14F3N7O2. The van der Waals surface area contributed by atoms with Crippen LogP contribution in [0.25, 0.3) is 10.9 Å². The Kier molecular flexibility index (Phi) is 5.50. The third-order valence-corrected chi connectivity index (χ3v) is 4.26. The quantitative estimate of drug-likeness (QED) is 0.492. The molecule has 0 atom stereocenters. The van der Waals surface area contributed by atoms with Crippen LogP contribution in [-0.2, 0) is 17.5 Å². The van der Waals surface area contributed by atoms with Gasteiger partial charge in [0.2, 0.25) is 5.91 Å². The first-order valence-electron chi connectivity index (χ1n) is 9.17. The van der Waals surface area contributed by atoms with E-state index in [1.165, 1.54) is 23.1 Å². The fraction of sp³-hybridized carbons (Fsp3) is 0.100. The minimum atomic E-state index is -4.65. The van der Waals surface area contributed by atoms with Crippen LogP contribution in [0.15, 0.2) is 61.1 Å². The predicted molar refractivity (Wildman–Crippen MR) is 108 cm³/mol. The van der Waals surface area contributed by atoms with E-state index in [1.54, 1.807) is 30.5 Å². The number of carbonyl (C=O) groups excluding carboxylic acids is 2. The topological polar surface area (TPSA) is 115 Å². The van der Waals surface area contributed by atoms with Crippen LogP contribution < -0.4 is 10.6 Å². The monoisotopic (exact) mass is 441 g/mol. The maximum atomic E-state index is 12.8. The lowest BCUT2D eigenvalue weighted by molar-refractivity contribution is -0.141. The number of nitrogens with zero attached hydrogens (tertiary/aromatic N) is 5. The Morgan fingerprint density at radius 3 is 2.59 bits per heavy atom. The third kappa shape index (κ3) is 4.86. The van der Waals surface area contributed by atoms with Gasteiger partial charge < -0.3 is 10.6 Å². The number of amides is 2. The molecule has 0 fully saturated rings. The number of hydrogen-bond donors (Lipinski definition) is 2. The highest BCUT2D eigenvalue weighted by Gasteiger charge is 2.32. The number of hydrogen-bond acceptors (Lipinski definition) is 6. The molecule has 4 rings (SSSR count). The van der Waals surface area contributed by atoms with E-state index in [0.717, 1.165) is 12.1 Å². The van der Waals surface area contributed by atoms with Gasteiger partial charge in [-0.05, 0) is 36.4 Å². The SMILES string of the molecule is O=C(Cn1cc2cc(NC(=O)c3cccc(C(F)(F)F)n3)ccc2n1)Nc1ccnnc1. The van der Waals surface area contributed by atoms with Crippen LogP contribution in [0.2, 0.25) is 0 Å². The van der Waals surface area contributed by atoms with E-state index >= 15 is 0 Å². The first-order chi connectivity index (χ1) is 15.3. The predicted octanol–water partition coefficient (Wildman–Crippen LogP) is 3.13. The largest absolute Gasteiger partial charge is 0.433 e. The summed E-state index contributed by atoms with van der Waals surface area (Å²) in [6.45, 7) is -0.0626. The van der Waals surface area contributed by atoms with E-state index in [2.05, 4.69) is 30.9 Å². The van der Waals surface area contributed by atoms with Crippen molar-refractivity contribution in [1.82, 2.24) is 25.0 Å². The molecule has 0 aliphatic carbocycles. The van der Waals surface area contributed by atoms with E-state index in [4.69, 9.17) is 0 Å². The van der Waals surface area contributed by atoms with Crippen LogP contribution in [0.3, 0.4) is 0 Å². The van der Waals surface area contributed by atoms with Crippen molar-refractivity contribution in [3.05, 3.63) is 72.4 Å². The highest BCUT2D eigenvalue weighted by atomic mass is 19.4. The maximum Gasteiger partial charge on any atom is 0.433 e. The van der Waals surface area contributed by atoms with Crippen molar-refractivity contribution in [3.8, 4) is 0 Å². The van der Waals surface area contributed by atoms with E-state index in [-0.39, 0.29) is 18.1 Å². The normalized spacial score (nSPS) is 11.3. The summed E-state index contributed by atoms with van der Waals surface area (Å²) in [6.07, 6.45) is -0.184. The average molecular weight is 441 g/mol. The molecule has 32 heavy (non-hydrogen) atoms. The molecule has 2 amide bonds. The van der Waals surface area contributed by atoms with E-state index in [1.807, 2.05) is 0 Å². The Morgan fingerprint density at radius 1 is 1.00 bits per heavy atom. The minimum Gasteiger partial charge on any atom is -0.323 e. The molecule has 162 valence electrons. The summed E-state index contributed by atoms with van der Waals surface area (Å²) in [7, 11) is 0. The number of aromatic nitrogens is 5. The molecule has 1 aromatic carbocycles. The van der Waals surface area contributed by atoms with Gasteiger partial charge in [0.1, 0.15) is 17.9 Å². The summed E-state index contributed by atoms with van der Waals surface area (Å²) < 4.78 is 39.9. The molecule has 0 aliphatic rings. The number of benzene rings is 1. The first kappa shape index (κ1) is 20.9. The van der Waals surface area contributed by atoms with Crippen molar-refractivity contribution >= 4 is 34.1 Å². The second-order valence-electron chi connectivity index (χ2n) is 6.64.